The van der Waals surface area contributed by atoms with Crippen molar-refractivity contribution in [2.75, 3.05) is 36.5 Å². The molecule has 1 heterocycles. The normalized spacial score (nSPS) is 19.1. The van der Waals surface area contributed by atoms with Crippen LogP contribution in [0.1, 0.15) is 13.8 Å². The van der Waals surface area contributed by atoms with Gasteiger partial charge in [-0.2, -0.15) is 0 Å². The smallest absolute Gasteiger partial charge is 0.0641 e. The van der Waals surface area contributed by atoms with Crippen molar-refractivity contribution in [2.24, 2.45) is 0 Å². The highest BCUT2D eigenvalue weighted by atomic mass is 16.5. The van der Waals surface area contributed by atoms with E-state index in [0.717, 1.165) is 26.3 Å². The predicted molar refractivity (Wildman–Crippen MR) is 68.2 cm³/mol. The summed E-state index contributed by atoms with van der Waals surface area (Å²) in [6.45, 7) is 7.85. The van der Waals surface area contributed by atoms with Crippen LogP contribution in [0.25, 0.3) is 0 Å². The van der Waals surface area contributed by atoms with Gasteiger partial charge in [-0.15, -0.1) is 0 Å². The number of benzene rings is 1. The summed E-state index contributed by atoms with van der Waals surface area (Å²) in [7, 11) is 0. The van der Waals surface area contributed by atoms with Gasteiger partial charge in [-0.05, 0) is 26.0 Å². The summed E-state index contributed by atoms with van der Waals surface area (Å²) < 4.78 is 5.44. The van der Waals surface area contributed by atoms with Crippen LogP contribution in [0, 0.1) is 0 Å². The number of hydrogen-bond acceptors (Lipinski definition) is 3. The van der Waals surface area contributed by atoms with E-state index in [4.69, 9.17) is 4.74 Å². The maximum atomic E-state index is 5.44. The topological polar surface area (TPSA) is 24.5 Å². The number of rotatable bonds is 4. The van der Waals surface area contributed by atoms with Gasteiger partial charge in [0.2, 0.25) is 0 Å². The standard InChI is InChI=1S/C13H20N2O/c1-3-16-9-8-15-11(2)10-14-12-6-4-5-7-13(12)15/h4-7,11,14H,3,8-10H2,1-2H3. The molecule has 1 aliphatic heterocycles. The van der Waals surface area contributed by atoms with Crippen LogP contribution in [-0.4, -0.2) is 32.3 Å². The quantitative estimate of drug-likeness (QED) is 0.788. The summed E-state index contributed by atoms with van der Waals surface area (Å²) in [6, 6.07) is 8.99. The number of ether oxygens (including phenoxy) is 1. The lowest BCUT2D eigenvalue weighted by Crippen LogP contribution is -2.43. The Labute approximate surface area is 97.4 Å². The molecular weight excluding hydrogens is 200 g/mol. The van der Waals surface area contributed by atoms with Crippen LogP contribution in [0.3, 0.4) is 0 Å². The van der Waals surface area contributed by atoms with E-state index < -0.39 is 0 Å². The van der Waals surface area contributed by atoms with Crippen molar-refractivity contribution in [3.63, 3.8) is 0 Å². The molecule has 0 bridgehead atoms. The van der Waals surface area contributed by atoms with Crippen molar-refractivity contribution in [3.8, 4) is 0 Å². The third-order valence-corrected chi connectivity index (χ3v) is 3.01. The molecule has 0 spiro atoms. The lowest BCUT2D eigenvalue weighted by molar-refractivity contribution is 0.152. The summed E-state index contributed by atoms with van der Waals surface area (Å²) in [4.78, 5) is 2.42. The fraction of sp³-hybridized carbons (Fsp3) is 0.538. The van der Waals surface area contributed by atoms with E-state index in [9.17, 15) is 0 Å². The second-order valence-electron chi connectivity index (χ2n) is 4.14. The van der Waals surface area contributed by atoms with E-state index in [-0.39, 0.29) is 0 Å². The molecule has 1 atom stereocenters. The van der Waals surface area contributed by atoms with E-state index in [1.54, 1.807) is 0 Å². The second-order valence-corrected chi connectivity index (χ2v) is 4.14. The van der Waals surface area contributed by atoms with Crippen LogP contribution >= 0.6 is 0 Å². The lowest BCUT2D eigenvalue weighted by atomic mass is 10.1. The first kappa shape index (κ1) is 11.3. The summed E-state index contributed by atoms with van der Waals surface area (Å²) in [5.74, 6) is 0. The number of nitrogens with zero attached hydrogens (tertiary/aromatic N) is 1. The van der Waals surface area contributed by atoms with Crippen molar-refractivity contribution in [1.29, 1.82) is 0 Å². The third kappa shape index (κ3) is 2.30. The average molecular weight is 220 g/mol. The minimum Gasteiger partial charge on any atom is -0.381 e. The van der Waals surface area contributed by atoms with Gasteiger partial charge in [0.25, 0.3) is 0 Å². The molecule has 0 fully saturated rings. The summed E-state index contributed by atoms with van der Waals surface area (Å²) in [5, 5.41) is 3.45. The zero-order valence-corrected chi connectivity index (χ0v) is 10.1. The fourth-order valence-electron chi connectivity index (χ4n) is 2.13. The molecule has 0 saturated heterocycles. The molecule has 1 aliphatic rings. The van der Waals surface area contributed by atoms with Gasteiger partial charge in [0.05, 0.1) is 18.0 Å². The van der Waals surface area contributed by atoms with Crippen molar-refractivity contribution in [3.05, 3.63) is 24.3 Å². The Balaban J connectivity index is 2.10. The number of para-hydroxylation sites is 2. The molecule has 1 aromatic carbocycles. The highest BCUT2D eigenvalue weighted by Gasteiger charge is 2.21. The molecule has 3 heteroatoms. The maximum absolute atomic E-state index is 5.44. The Hall–Kier alpha value is -1.22. The minimum absolute atomic E-state index is 0.523. The predicted octanol–water partition coefficient (Wildman–Crippen LogP) is 2.34. The van der Waals surface area contributed by atoms with Crippen molar-refractivity contribution in [2.45, 2.75) is 19.9 Å². The second kappa shape index (κ2) is 5.21. The van der Waals surface area contributed by atoms with Crippen LogP contribution < -0.4 is 10.2 Å². The Morgan fingerprint density at radius 2 is 2.25 bits per heavy atom. The summed E-state index contributed by atoms with van der Waals surface area (Å²) in [6.07, 6.45) is 0. The Morgan fingerprint density at radius 1 is 1.44 bits per heavy atom. The number of fused-ring (bicyclic) bond motifs is 1. The van der Waals surface area contributed by atoms with Gasteiger partial charge in [0, 0.05) is 25.7 Å². The van der Waals surface area contributed by atoms with Crippen molar-refractivity contribution >= 4 is 11.4 Å². The molecule has 88 valence electrons. The van der Waals surface area contributed by atoms with E-state index in [0.29, 0.717) is 6.04 Å². The molecular formula is C13H20N2O. The minimum atomic E-state index is 0.523. The molecule has 0 radical (unpaired) electrons. The summed E-state index contributed by atoms with van der Waals surface area (Å²) >= 11 is 0. The SMILES string of the molecule is CCOCCN1c2ccccc2NCC1C. The van der Waals surface area contributed by atoms with Gasteiger partial charge >= 0.3 is 0 Å². The van der Waals surface area contributed by atoms with Gasteiger partial charge in [-0.3, -0.25) is 0 Å². The average Bonchev–Trinajstić information content (AvgIpc) is 2.32. The largest absolute Gasteiger partial charge is 0.381 e. The molecule has 0 amide bonds. The van der Waals surface area contributed by atoms with E-state index in [1.807, 2.05) is 6.92 Å². The Bertz CT molecular complexity index is 340. The first-order valence-electron chi connectivity index (χ1n) is 6.00. The highest BCUT2D eigenvalue weighted by Crippen LogP contribution is 2.30. The van der Waals surface area contributed by atoms with Crippen LogP contribution in [-0.2, 0) is 4.74 Å². The Kier molecular flexibility index (Phi) is 3.67. The zero-order valence-electron chi connectivity index (χ0n) is 10.1. The number of anilines is 2. The van der Waals surface area contributed by atoms with Gasteiger partial charge < -0.3 is 15.0 Å². The zero-order chi connectivity index (χ0) is 11.4. The van der Waals surface area contributed by atoms with E-state index in [2.05, 4.69) is 41.4 Å². The molecule has 16 heavy (non-hydrogen) atoms. The molecule has 3 nitrogen and oxygen atoms in total. The van der Waals surface area contributed by atoms with Crippen LogP contribution in [0.5, 0.6) is 0 Å². The molecule has 1 N–H and O–H groups in total. The number of hydrogen-bond donors (Lipinski definition) is 1. The van der Waals surface area contributed by atoms with E-state index >= 15 is 0 Å². The van der Waals surface area contributed by atoms with Gasteiger partial charge in [-0.1, -0.05) is 12.1 Å². The molecule has 2 rings (SSSR count). The highest BCUT2D eigenvalue weighted by molar-refractivity contribution is 5.72. The Morgan fingerprint density at radius 3 is 3.06 bits per heavy atom. The van der Waals surface area contributed by atoms with Crippen molar-refractivity contribution in [1.82, 2.24) is 0 Å². The van der Waals surface area contributed by atoms with Gasteiger partial charge in [0.1, 0.15) is 0 Å². The molecule has 0 saturated carbocycles. The molecule has 1 aromatic rings. The van der Waals surface area contributed by atoms with Crippen LogP contribution in [0.4, 0.5) is 11.4 Å². The van der Waals surface area contributed by atoms with Crippen LogP contribution in [0.2, 0.25) is 0 Å². The van der Waals surface area contributed by atoms with E-state index in [1.165, 1.54) is 11.4 Å². The van der Waals surface area contributed by atoms with Gasteiger partial charge in [0.15, 0.2) is 0 Å². The van der Waals surface area contributed by atoms with Gasteiger partial charge in [-0.25, -0.2) is 0 Å². The molecule has 0 aromatic heterocycles. The monoisotopic (exact) mass is 220 g/mol. The van der Waals surface area contributed by atoms with Crippen molar-refractivity contribution < 1.29 is 4.74 Å². The third-order valence-electron chi connectivity index (χ3n) is 3.01. The summed E-state index contributed by atoms with van der Waals surface area (Å²) in [5.41, 5.74) is 2.53. The first-order chi connectivity index (χ1) is 7.83. The number of nitrogens with one attached hydrogen (secondary N) is 1. The first-order valence-corrected chi connectivity index (χ1v) is 6.00. The van der Waals surface area contributed by atoms with Crippen LogP contribution in [0.15, 0.2) is 24.3 Å². The molecule has 0 aliphatic carbocycles. The fourth-order valence-corrected chi connectivity index (χ4v) is 2.13. The maximum Gasteiger partial charge on any atom is 0.0641 e. The lowest BCUT2D eigenvalue weighted by Gasteiger charge is -2.37. The molecule has 1 unspecified atom stereocenters.